The number of ether oxygens (including phenoxy) is 1. The largest absolute Gasteiger partial charge is 0.505 e. The van der Waals surface area contributed by atoms with Crippen LogP contribution < -0.4 is 10.1 Å². The summed E-state index contributed by atoms with van der Waals surface area (Å²) in [5, 5.41) is 22.0. The third kappa shape index (κ3) is 3.68. The number of aromatic hydroxyl groups is 1. The molecule has 0 aliphatic carbocycles. The van der Waals surface area contributed by atoms with Crippen LogP contribution >= 0.6 is 11.6 Å². The van der Waals surface area contributed by atoms with Crippen LogP contribution in [0.15, 0.2) is 66.7 Å². The molecule has 0 aliphatic heterocycles. The van der Waals surface area contributed by atoms with Gasteiger partial charge in [0.25, 0.3) is 0 Å². The summed E-state index contributed by atoms with van der Waals surface area (Å²) in [7, 11) is 0. The lowest BCUT2D eigenvalue weighted by atomic mass is 10.3. The molecule has 4 aromatic rings. The first kappa shape index (κ1) is 16.9. The van der Waals surface area contributed by atoms with Gasteiger partial charge in [0.05, 0.1) is 0 Å². The highest BCUT2D eigenvalue weighted by Gasteiger charge is 2.12. The minimum Gasteiger partial charge on any atom is -0.505 e. The van der Waals surface area contributed by atoms with Crippen LogP contribution in [0.25, 0.3) is 16.7 Å². The molecule has 0 spiro atoms. The number of fused-ring (bicyclic) bond motifs is 1. The van der Waals surface area contributed by atoms with Crippen LogP contribution in [0.1, 0.15) is 0 Å². The van der Waals surface area contributed by atoms with Gasteiger partial charge >= 0.3 is 6.09 Å². The Morgan fingerprint density at radius 1 is 1.00 bits per heavy atom. The number of halogens is 1. The number of carbonyl (C=O) groups is 1. The van der Waals surface area contributed by atoms with Gasteiger partial charge in [0.15, 0.2) is 0 Å². The second kappa shape index (κ2) is 6.97. The van der Waals surface area contributed by atoms with Gasteiger partial charge < -0.3 is 9.84 Å². The topological polar surface area (TPSA) is 89.3 Å². The van der Waals surface area contributed by atoms with Crippen molar-refractivity contribution in [3.8, 4) is 17.2 Å². The number of benzene rings is 3. The number of nitrogens with one attached hydrogen (secondary N) is 1. The Morgan fingerprint density at radius 2 is 1.67 bits per heavy atom. The molecule has 8 heteroatoms. The number of nitrogens with zero attached hydrogens (tertiary/aromatic N) is 3. The molecule has 1 amide bonds. The summed E-state index contributed by atoms with van der Waals surface area (Å²) in [6.07, 6.45) is -0.688. The van der Waals surface area contributed by atoms with Crippen LogP contribution in [0.4, 0.5) is 10.5 Å². The van der Waals surface area contributed by atoms with Crippen molar-refractivity contribution in [3.05, 3.63) is 71.8 Å². The van der Waals surface area contributed by atoms with Crippen molar-refractivity contribution in [1.82, 2.24) is 15.0 Å². The number of hydrogen-bond donors (Lipinski definition) is 2. The van der Waals surface area contributed by atoms with Gasteiger partial charge in [0.2, 0.25) is 0 Å². The van der Waals surface area contributed by atoms with Crippen molar-refractivity contribution < 1.29 is 14.6 Å². The van der Waals surface area contributed by atoms with Gasteiger partial charge in [-0.25, -0.2) is 4.79 Å². The Bertz CT molecular complexity index is 1090. The van der Waals surface area contributed by atoms with Crippen molar-refractivity contribution in [1.29, 1.82) is 0 Å². The highest BCUT2D eigenvalue weighted by Crippen LogP contribution is 2.27. The van der Waals surface area contributed by atoms with E-state index in [0.717, 1.165) is 0 Å². The Balaban J connectivity index is 1.51. The lowest BCUT2D eigenvalue weighted by molar-refractivity contribution is 0.215. The van der Waals surface area contributed by atoms with Crippen molar-refractivity contribution in [2.45, 2.75) is 0 Å². The minimum absolute atomic E-state index is 0.118. The van der Waals surface area contributed by atoms with E-state index in [-0.39, 0.29) is 11.5 Å². The van der Waals surface area contributed by atoms with Crippen molar-refractivity contribution in [2.75, 3.05) is 5.32 Å². The summed E-state index contributed by atoms with van der Waals surface area (Å²) in [6.45, 7) is 0. The first-order chi connectivity index (χ1) is 13.1. The van der Waals surface area contributed by atoms with E-state index in [0.29, 0.717) is 27.4 Å². The van der Waals surface area contributed by atoms with Gasteiger partial charge in [-0.05, 0) is 48.5 Å². The van der Waals surface area contributed by atoms with E-state index in [9.17, 15) is 9.90 Å². The molecule has 3 aromatic carbocycles. The predicted octanol–water partition coefficient (Wildman–Crippen LogP) is 4.39. The summed E-state index contributed by atoms with van der Waals surface area (Å²) in [6, 6.07) is 18.4. The zero-order valence-electron chi connectivity index (χ0n) is 13.8. The predicted molar refractivity (Wildman–Crippen MR) is 102 cm³/mol. The molecule has 4 rings (SSSR count). The summed E-state index contributed by atoms with van der Waals surface area (Å²) in [5.41, 5.74) is 2.33. The Kier molecular flexibility index (Phi) is 4.35. The number of hydrogen-bond acceptors (Lipinski definition) is 5. The van der Waals surface area contributed by atoms with E-state index < -0.39 is 6.09 Å². The standard InChI is InChI=1S/C19H13ClN4O3/c20-12-5-7-13(8-6-12)21-19(26)27-14-9-10-17(18(25)11-14)24-22-15-3-1-2-4-16(15)23-24/h1-11,25H,(H,21,26). The number of aromatic nitrogens is 3. The quantitative estimate of drug-likeness (QED) is 0.550. The van der Waals surface area contributed by atoms with Crippen molar-refractivity contribution in [3.63, 3.8) is 0 Å². The average molecular weight is 381 g/mol. The number of rotatable bonds is 3. The van der Waals surface area contributed by atoms with E-state index >= 15 is 0 Å². The fourth-order valence-electron chi connectivity index (χ4n) is 2.49. The van der Waals surface area contributed by atoms with Crippen LogP contribution in [-0.4, -0.2) is 26.2 Å². The molecular formula is C19H13ClN4O3. The summed E-state index contributed by atoms with van der Waals surface area (Å²) in [4.78, 5) is 13.3. The van der Waals surface area contributed by atoms with E-state index in [2.05, 4.69) is 15.5 Å². The first-order valence-corrected chi connectivity index (χ1v) is 8.36. The van der Waals surface area contributed by atoms with E-state index in [1.54, 1.807) is 36.4 Å². The Morgan fingerprint density at radius 3 is 2.30 bits per heavy atom. The number of phenols is 1. The second-order valence-corrected chi connectivity index (χ2v) is 6.09. The van der Waals surface area contributed by atoms with Crippen molar-refractivity contribution in [2.24, 2.45) is 0 Å². The maximum Gasteiger partial charge on any atom is 0.417 e. The number of carbonyl (C=O) groups excluding carboxylic acids is 1. The molecule has 1 aromatic heterocycles. The van der Waals surface area contributed by atoms with Gasteiger partial charge in [0, 0.05) is 16.8 Å². The molecule has 1 heterocycles. The second-order valence-electron chi connectivity index (χ2n) is 5.65. The first-order valence-electron chi connectivity index (χ1n) is 7.98. The molecular weight excluding hydrogens is 368 g/mol. The molecule has 27 heavy (non-hydrogen) atoms. The van der Waals surface area contributed by atoms with Gasteiger partial charge in [-0.3, -0.25) is 5.32 Å². The zero-order valence-corrected chi connectivity index (χ0v) is 14.6. The highest BCUT2D eigenvalue weighted by molar-refractivity contribution is 6.30. The molecule has 2 N–H and O–H groups in total. The Hall–Kier alpha value is -3.58. The average Bonchev–Trinajstić information content (AvgIpc) is 3.07. The summed E-state index contributed by atoms with van der Waals surface area (Å²) in [5.74, 6) is 0.0616. The van der Waals surface area contributed by atoms with E-state index in [1.165, 1.54) is 10.9 Å². The van der Waals surface area contributed by atoms with Crippen LogP contribution in [0.5, 0.6) is 11.5 Å². The molecule has 0 aliphatic rings. The van der Waals surface area contributed by atoms with Crippen LogP contribution in [0.2, 0.25) is 5.02 Å². The SMILES string of the molecule is O=C(Nc1ccc(Cl)cc1)Oc1ccc(-n2nc3ccccc3n2)c(O)c1. The molecule has 0 bridgehead atoms. The van der Waals surface area contributed by atoms with Crippen LogP contribution in [-0.2, 0) is 0 Å². The lowest BCUT2D eigenvalue weighted by Crippen LogP contribution is -2.16. The van der Waals surface area contributed by atoms with Crippen LogP contribution in [0, 0.1) is 0 Å². The number of phenolic OH excluding ortho intramolecular Hbond substituents is 1. The fourth-order valence-corrected chi connectivity index (χ4v) is 2.61. The smallest absolute Gasteiger partial charge is 0.417 e. The van der Waals surface area contributed by atoms with Gasteiger partial charge in [-0.2, -0.15) is 0 Å². The molecule has 0 radical (unpaired) electrons. The van der Waals surface area contributed by atoms with Gasteiger partial charge in [-0.15, -0.1) is 15.0 Å². The minimum atomic E-state index is -0.688. The lowest BCUT2D eigenvalue weighted by Gasteiger charge is -2.08. The third-order valence-corrected chi connectivity index (χ3v) is 4.00. The van der Waals surface area contributed by atoms with E-state index in [1.807, 2.05) is 24.3 Å². The molecule has 134 valence electrons. The third-order valence-electron chi connectivity index (χ3n) is 3.75. The maximum absolute atomic E-state index is 12.0. The normalized spacial score (nSPS) is 10.7. The molecule has 0 saturated heterocycles. The number of amides is 1. The zero-order chi connectivity index (χ0) is 18.8. The monoisotopic (exact) mass is 380 g/mol. The highest BCUT2D eigenvalue weighted by atomic mass is 35.5. The van der Waals surface area contributed by atoms with Crippen LogP contribution in [0.3, 0.4) is 0 Å². The molecule has 0 atom stereocenters. The fraction of sp³-hybridized carbons (Fsp3) is 0. The maximum atomic E-state index is 12.0. The van der Waals surface area contributed by atoms with Gasteiger partial charge in [0.1, 0.15) is 28.2 Å². The van der Waals surface area contributed by atoms with Gasteiger partial charge in [-0.1, -0.05) is 23.7 Å². The molecule has 0 unspecified atom stereocenters. The van der Waals surface area contributed by atoms with Crippen molar-refractivity contribution >= 4 is 34.4 Å². The molecule has 7 nitrogen and oxygen atoms in total. The Labute approximate surface area is 158 Å². The molecule has 0 fully saturated rings. The summed E-state index contributed by atoms with van der Waals surface area (Å²) >= 11 is 5.80. The summed E-state index contributed by atoms with van der Waals surface area (Å²) < 4.78 is 5.19. The molecule has 0 saturated carbocycles. The van der Waals surface area contributed by atoms with E-state index in [4.69, 9.17) is 16.3 Å². The number of anilines is 1.